The molecule has 0 radical (unpaired) electrons. The summed E-state index contributed by atoms with van der Waals surface area (Å²) < 4.78 is 2.20. The summed E-state index contributed by atoms with van der Waals surface area (Å²) >= 11 is 0. The lowest BCUT2D eigenvalue weighted by atomic mass is 9.97. The standard InChI is InChI=1S/C16H23N5O/c1-3-4-14-13(10-18-19-14)16(22)20(2)11-12-5-7-21-8-6-17-15(21)9-12/h6,8,10,12H,3-5,7,9,11H2,1-2H3,(H,18,19)/t12-/m0/s1. The van der Waals surface area contributed by atoms with Crippen LogP contribution in [0.4, 0.5) is 0 Å². The van der Waals surface area contributed by atoms with Crippen molar-refractivity contribution in [2.45, 2.75) is 39.2 Å². The van der Waals surface area contributed by atoms with Crippen LogP contribution in [0.1, 0.15) is 41.6 Å². The molecule has 1 N–H and O–H groups in total. The Morgan fingerprint density at radius 2 is 2.41 bits per heavy atom. The summed E-state index contributed by atoms with van der Waals surface area (Å²) in [5.41, 5.74) is 1.65. The van der Waals surface area contributed by atoms with Crippen LogP contribution in [0, 0.1) is 5.92 Å². The monoisotopic (exact) mass is 301 g/mol. The molecule has 2 aromatic heterocycles. The molecule has 0 unspecified atom stereocenters. The van der Waals surface area contributed by atoms with Crippen LogP contribution < -0.4 is 0 Å². The minimum Gasteiger partial charge on any atom is -0.341 e. The van der Waals surface area contributed by atoms with E-state index in [1.165, 1.54) is 0 Å². The lowest BCUT2D eigenvalue weighted by molar-refractivity contribution is 0.0763. The molecule has 3 rings (SSSR count). The topological polar surface area (TPSA) is 66.8 Å². The molecule has 6 nitrogen and oxygen atoms in total. The molecule has 118 valence electrons. The molecule has 0 bridgehead atoms. The number of aromatic amines is 1. The van der Waals surface area contributed by atoms with E-state index in [1.54, 1.807) is 6.20 Å². The third-order valence-electron chi connectivity index (χ3n) is 4.38. The Labute approximate surface area is 130 Å². The molecule has 1 aliphatic heterocycles. The molecule has 2 aromatic rings. The molecule has 3 heterocycles. The zero-order chi connectivity index (χ0) is 15.5. The molecule has 6 heteroatoms. The number of carbonyl (C=O) groups is 1. The van der Waals surface area contributed by atoms with E-state index in [0.29, 0.717) is 11.5 Å². The van der Waals surface area contributed by atoms with E-state index < -0.39 is 0 Å². The molecule has 1 atom stereocenters. The van der Waals surface area contributed by atoms with Crippen molar-refractivity contribution < 1.29 is 4.79 Å². The van der Waals surface area contributed by atoms with Crippen LogP contribution in [-0.4, -0.2) is 44.1 Å². The maximum Gasteiger partial charge on any atom is 0.257 e. The maximum absolute atomic E-state index is 12.6. The van der Waals surface area contributed by atoms with Crippen molar-refractivity contribution in [3.8, 4) is 0 Å². The summed E-state index contributed by atoms with van der Waals surface area (Å²) in [7, 11) is 1.88. The van der Waals surface area contributed by atoms with E-state index in [2.05, 4.69) is 26.7 Å². The van der Waals surface area contributed by atoms with E-state index in [1.807, 2.05) is 24.3 Å². The highest BCUT2D eigenvalue weighted by Gasteiger charge is 2.24. The second kappa shape index (κ2) is 6.34. The van der Waals surface area contributed by atoms with E-state index >= 15 is 0 Å². The molecule has 22 heavy (non-hydrogen) atoms. The number of aromatic nitrogens is 4. The van der Waals surface area contributed by atoms with Crippen LogP contribution in [0.5, 0.6) is 0 Å². The van der Waals surface area contributed by atoms with Gasteiger partial charge in [-0.05, 0) is 18.8 Å². The number of imidazole rings is 1. The summed E-state index contributed by atoms with van der Waals surface area (Å²) in [4.78, 5) is 18.8. The fourth-order valence-corrected chi connectivity index (χ4v) is 3.18. The van der Waals surface area contributed by atoms with Crippen molar-refractivity contribution in [3.05, 3.63) is 35.7 Å². The molecule has 0 fully saturated rings. The van der Waals surface area contributed by atoms with Gasteiger partial charge in [0.15, 0.2) is 0 Å². The summed E-state index contributed by atoms with van der Waals surface area (Å²) in [5, 5.41) is 6.97. The van der Waals surface area contributed by atoms with Gasteiger partial charge >= 0.3 is 0 Å². The second-order valence-electron chi connectivity index (χ2n) is 6.09. The first kappa shape index (κ1) is 14.8. The van der Waals surface area contributed by atoms with Crippen LogP contribution in [0.15, 0.2) is 18.6 Å². The summed E-state index contributed by atoms with van der Waals surface area (Å²) in [6.45, 7) is 3.86. The van der Waals surface area contributed by atoms with Gasteiger partial charge in [0, 0.05) is 44.6 Å². The highest BCUT2D eigenvalue weighted by molar-refractivity contribution is 5.94. The molecule has 0 saturated heterocycles. The zero-order valence-corrected chi connectivity index (χ0v) is 13.2. The van der Waals surface area contributed by atoms with Gasteiger partial charge in [-0.3, -0.25) is 9.89 Å². The molecule has 0 aromatic carbocycles. The van der Waals surface area contributed by atoms with Gasteiger partial charge in [0.05, 0.1) is 11.8 Å². The summed E-state index contributed by atoms with van der Waals surface area (Å²) in [5.74, 6) is 1.67. The summed E-state index contributed by atoms with van der Waals surface area (Å²) in [6.07, 6.45) is 9.43. The average molecular weight is 301 g/mol. The first-order chi connectivity index (χ1) is 10.7. The SMILES string of the molecule is CCCc1[nH]ncc1C(=O)N(C)C[C@H]1CCn2ccnc2C1. The molecule has 1 aliphatic rings. The number of fused-ring (bicyclic) bond motifs is 1. The molecule has 1 amide bonds. The number of hydrogen-bond donors (Lipinski definition) is 1. The Hall–Kier alpha value is -2.11. The van der Waals surface area contributed by atoms with Gasteiger partial charge in [0.2, 0.25) is 0 Å². The Morgan fingerprint density at radius 1 is 1.55 bits per heavy atom. The predicted octanol–water partition coefficient (Wildman–Crippen LogP) is 1.89. The van der Waals surface area contributed by atoms with Crippen molar-refractivity contribution in [2.75, 3.05) is 13.6 Å². The van der Waals surface area contributed by atoms with Gasteiger partial charge in [0.1, 0.15) is 5.82 Å². The van der Waals surface area contributed by atoms with Gasteiger partial charge in [-0.15, -0.1) is 0 Å². The normalized spacial score (nSPS) is 17.3. The van der Waals surface area contributed by atoms with Crippen LogP contribution in [0.3, 0.4) is 0 Å². The molecule has 0 aliphatic carbocycles. The number of H-pyrrole nitrogens is 1. The van der Waals surface area contributed by atoms with E-state index in [9.17, 15) is 4.79 Å². The average Bonchev–Trinajstić information content (AvgIpc) is 3.15. The first-order valence-electron chi connectivity index (χ1n) is 7.96. The van der Waals surface area contributed by atoms with Gasteiger partial charge < -0.3 is 9.47 Å². The Kier molecular flexibility index (Phi) is 4.27. The highest BCUT2D eigenvalue weighted by Crippen LogP contribution is 2.20. The number of rotatable bonds is 5. The second-order valence-corrected chi connectivity index (χ2v) is 6.09. The number of nitrogens with zero attached hydrogens (tertiary/aromatic N) is 4. The van der Waals surface area contributed by atoms with Gasteiger partial charge in [-0.25, -0.2) is 4.98 Å². The van der Waals surface area contributed by atoms with Crippen molar-refractivity contribution in [2.24, 2.45) is 5.92 Å². The number of nitrogens with one attached hydrogen (secondary N) is 1. The van der Waals surface area contributed by atoms with Crippen LogP contribution in [0.25, 0.3) is 0 Å². The first-order valence-corrected chi connectivity index (χ1v) is 7.96. The van der Waals surface area contributed by atoms with Crippen LogP contribution >= 0.6 is 0 Å². The van der Waals surface area contributed by atoms with Crippen molar-refractivity contribution in [1.82, 2.24) is 24.6 Å². The maximum atomic E-state index is 12.6. The number of amides is 1. The summed E-state index contributed by atoms with van der Waals surface area (Å²) in [6, 6.07) is 0. The minimum atomic E-state index is 0.0612. The highest BCUT2D eigenvalue weighted by atomic mass is 16.2. The van der Waals surface area contributed by atoms with Crippen molar-refractivity contribution in [3.63, 3.8) is 0 Å². The third-order valence-corrected chi connectivity index (χ3v) is 4.38. The molecule has 0 spiro atoms. The number of carbonyl (C=O) groups excluding carboxylic acids is 1. The number of aryl methyl sites for hydroxylation is 2. The minimum absolute atomic E-state index is 0.0612. The van der Waals surface area contributed by atoms with Crippen LogP contribution in [0.2, 0.25) is 0 Å². The van der Waals surface area contributed by atoms with Gasteiger partial charge in [0.25, 0.3) is 5.91 Å². The number of hydrogen-bond acceptors (Lipinski definition) is 3. The van der Waals surface area contributed by atoms with E-state index in [0.717, 1.165) is 50.3 Å². The van der Waals surface area contributed by atoms with Gasteiger partial charge in [-0.1, -0.05) is 13.3 Å². The Bertz CT molecular complexity index is 645. The largest absolute Gasteiger partial charge is 0.341 e. The Morgan fingerprint density at radius 3 is 3.23 bits per heavy atom. The fraction of sp³-hybridized carbons (Fsp3) is 0.562. The Balaban J connectivity index is 1.63. The van der Waals surface area contributed by atoms with E-state index in [-0.39, 0.29) is 5.91 Å². The predicted molar refractivity (Wildman–Crippen MR) is 83.6 cm³/mol. The fourth-order valence-electron chi connectivity index (χ4n) is 3.18. The lowest BCUT2D eigenvalue weighted by Gasteiger charge is -2.27. The van der Waals surface area contributed by atoms with Crippen LogP contribution in [-0.2, 0) is 19.4 Å². The quantitative estimate of drug-likeness (QED) is 0.917. The molecule has 0 saturated carbocycles. The van der Waals surface area contributed by atoms with E-state index in [4.69, 9.17) is 0 Å². The lowest BCUT2D eigenvalue weighted by Crippen LogP contribution is -2.35. The zero-order valence-electron chi connectivity index (χ0n) is 13.2. The van der Waals surface area contributed by atoms with Gasteiger partial charge in [-0.2, -0.15) is 5.10 Å². The molecular weight excluding hydrogens is 278 g/mol. The van der Waals surface area contributed by atoms with Crippen molar-refractivity contribution in [1.29, 1.82) is 0 Å². The third kappa shape index (κ3) is 2.91. The smallest absolute Gasteiger partial charge is 0.257 e. The van der Waals surface area contributed by atoms with Crippen molar-refractivity contribution >= 4 is 5.91 Å². The molecular formula is C16H23N5O.